The van der Waals surface area contributed by atoms with Crippen LogP contribution in [0.2, 0.25) is 0 Å². The highest BCUT2D eigenvalue weighted by Crippen LogP contribution is 2.18. The minimum atomic E-state index is -0.437. The van der Waals surface area contributed by atoms with Crippen molar-refractivity contribution < 1.29 is 18.7 Å². The number of hydrogen-bond donors (Lipinski definition) is 1. The number of nitrogens with zero attached hydrogens (tertiary/aromatic N) is 1. The molecule has 0 fully saturated rings. The van der Waals surface area contributed by atoms with Crippen molar-refractivity contribution in [3.63, 3.8) is 0 Å². The molecule has 0 aliphatic carbocycles. The summed E-state index contributed by atoms with van der Waals surface area (Å²) in [6.07, 6.45) is 0. The third kappa shape index (κ3) is 5.65. The second-order valence-corrected chi connectivity index (χ2v) is 5.88. The van der Waals surface area contributed by atoms with Gasteiger partial charge in [0.1, 0.15) is 12.4 Å². The van der Waals surface area contributed by atoms with Crippen LogP contribution in [0.3, 0.4) is 0 Å². The van der Waals surface area contributed by atoms with Gasteiger partial charge < -0.3 is 19.7 Å². The molecule has 0 spiro atoms. The normalized spacial score (nSPS) is 10.3. The van der Waals surface area contributed by atoms with Crippen LogP contribution in [0.15, 0.2) is 42.5 Å². The molecule has 140 valence electrons. The predicted octanol–water partition coefficient (Wildman–Crippen LogP) is 3.75. The van der Waals surface area contributed by atoms with Crippen LogP contribution in [0, 0.1) is 12.7 Å². The number of carbonyl (C=O) groups excluding carboxylic acids is 1. The van der Waals surface area contributed by atoms with E-state index in [0.717, 1.165) is 11.3 Å². The second kappa shape index (κ2) is 9.65. The lowest BCUT2D eigenvalue weighted by Gasteiger charge is -2.22. The number of amides is 2. The Morgan fingerprint density at radius 2 is 2.04 bits per heavy atom. The lowest BCUT2D eigenvalue weighted by Crippen LogP contribution is -2.41. The summed E-state index contributed by atoms with van der Waals surface area (Å²) in [6.45, 7) is 5.48. The molecule has 0 saturated carbocycles. The fourth-order valence-electron chi connectivity index (χ4n) is 2.50. The highest BCUT2D eigenvalue weighted by atomic mass is 19.1. The van der Waals surface area contributed by atoms with E-state index in [-0.39, 0.29) is 11.8 Å². The van der Waals surface area contributed by atoms with Crippen LogP contribution in [0.1, 0.15) is 18.1 Å². The Kier molecular flexibility index (Phi) is 7.26. The van der Waals surface area contributed by atoms with Gasteiger partial charge in [-0.15, -0.1) is 0 Å². The number of nitrogens with one attached hydrogen (secondary N) is 1. The highest BCUT2D eigenvalue weighted by molar-refractivity contribution is 5.74. The summed E-state index contributed by atoms with van der Waals surface area (Å²) in [6, 6.07) is 12.2. The largest absolute Gasteiger partial charge is 0.494 e. The van der Waals surface area contributed by atoms with Crippen LogP contribution in [0.5, 0.6) is 11.5 Å². The first-order chi connectivity index (χ1) is 12.5. The lowest BCUT2D eigenvalue weighted by atomic mass is 10.2. The Balaban J connectivity index is 1.81. The molecular formula is C20H25FN2O3. The van der Waals surface area contributed by atoms with Crippen molar-refractivity contribution >= 4 is 6.03 Å². The molecule has 0 aromatic heterocycles. The van der Waals surface area contributed by atoms with Gasteiger partial charge in [0.05, 0.1) is 13.7 Å². The number of halogens is 1. The van der Waals surface area contributed by atoms with Gasteiger partial charge in [-0.2, -0.15) is 0 Å². The molecule has 0 heterocycles. The fraction of sp³-hybridized carbons (Fsp3) is 0.350. The van der Waals surface area contributed by atoms with Gasteiger partial charge in [0, 0.05) is 13.1 Å². The minimum absolute atomic E-state index is 0.189. The minimum Gasteiger partial charge on any atom is -0.494 e. The van der Waals surface area contributed by atoms with E-state index in [4.69, 9.17) is 9.47 Å². The van der Waals surface area contributed by atoms with Crippen molar-refractivity contribution in [1.29, 1.82) is 0 Å². The van der Waals surface area contributed by atoms with E-state index in [1.807, 2.05) is 38.1 Å². The van der Waals surface area contributed by atoms with Crippen LogP contribution in [-0.4, -0.2) is 37.7 Å². The van der Waals surface area contributed by atoms with Gasteiger partial charge in [-0.05, 0) is 49.2 Å². The molecule has 1 N–H and O–H groups in total. The molecule has 26 heavy (non-hydrogen) atoms. The average Bonchev–Trinajstić information content (AvgIpc) is 2.63. The van der Waals surface area contributed by atoms with Crippen molar-refractivity contribution in [2.45, 2.75) is 20.4 Å². The first kappa shape index (κ1) is 19.6. The smallest absolute Gasteiger partial charge is 0.317 e. The fourth-order valence-corrected chi connectivity index (χ4v) is 2.50. The molecule has 2 amide bonds. The summed E-state index contributed by atoms with van der Waals surface area (Å²) in [5, 5.41) is 2.82. The summed E-state index contributed by atoms with van der Waals surface area (Å²) < 4.78 is 24.3. The monoisotopic (exact) mass is 360 g/mol. The van der Waals surface area contributed by atoms with E-state index >= 15 is 0 Å². The van der Waals surface area contributed by atoms with Crippen molar-refractivity contribution in [1.82, 2.24) is 10.2 Å². The van der Waals surface area contributed by atoms with E-state index in [1.165, 1.54) is 13.2 Å². The topological polar surface area (TPSA) is 50.8 Å². The maximum Gasteiger partial charge on any atom is 0.317 e. The molecule has 0 saturated heterocycles. The first-order valence-corrected chi connectivity index (χ1v) is 8.58. The van der Waals surface area contributed by atoms with Crippen LogP contribution in [-0.2, 0) is 6.54 Å². The van der Waals surface area contributed by atoms with Gasteiger partial charge in [-0.3, -0.25) is 0 Å². The maximum atomic E-state index is 13.8. The van der Waals surface area contributed by atoms with E-state index in [9.17, 15) is 9.18 Å². The zero-order chi connectivity index (χ0) is 18.9. The molecule has 0 unspecified atom stereocenters. The second-order valence-electron chi connectivity index (χ2n) is 5.88. The van der Waals surface area contributed by atoms with E-state index in [2.05, 4.69) is 5.32 Å². The number of methoxy groups -OCH3 is 1. The first-order valence-electron chi connectivity index (χ1n) is 8.58. The predicted molar refractivity (Wildman–Crippen MR) is 99.1 cm³/mol. The molecule has 0 radical (unpaired) electrons. The Bertz CT molecular complexity index is 737. The Hall–Kier alpha value is -2.76. The SMILES string of the molecule is CCN(Cc1ccc(OC)c(F)c1)C(=O)NCCOc1cccc(C)c1. The van der Waals surface area contributed by atoms with E-state index < -0.39 is 5.82 Å². The molecule has 0 bridgehead atoms. The van der Waals surface area contributed by atoms with Gasteiger partial charge in [0.2, 0.25) is 0 Å². The standard InChI is InChI=1S/C20H25FN2O3/c1-4-23(14-16-8-9-19(25-3)18(21)13-16)20(24)22-10-11-26-17-7-5-6-15(2)12-17/h5-9,12-13H,4,10-11,14H2,1-3H3,(H,22,24). The van der Waals surface area contributed by atoms with Gasteiger partial charge in [0.25, 0.3) is 0 Å². The number of ether oxygens (including phenoxy) is 2. The van der Waals surface area contributed by atoms with Crippen LogP contribution in [0.25, 0.3) is 0 Å². The summed E-state index contributed by atoms with van der Waals surface area (Å²) in [5.74, 6) is 0.530. The number of hydrogen-bond acceptors (Lipinski definition) is 3. The molecule has 2 aromatic rings. The van der Waals surface area contributed by atoms with Crippen LogP contribution in [0.4, 0.5) is 9.18 Å². The highest BCUT2D eigenvalue weighted by Gasteiger charge is 2.13. The molecule has 2 rings (SSSR count). The number of rotatable bonds is 8. The van der Waals surface area contributed by atoms with Gasteiger partial charge >= 0.3 is 6.03 Å². The zero-order valence-electron chi connectivity index (χ0n) is 15.4. The number of benzene rings is 2. The third-order valence-corrected chi connectivity index (χ3v) is 3.90. The molecular weight excluding hydrogens is 335 g/mol. The quantitative estimate of drug-likeness (QED) is 0.730. The van der Waals surface area contributed by atoms with Crippen LogP contribution < -0.4 is 14.8 Å². The average molecular weight is 360 g/mol. The summed E-state index contributed by atoms with van der Waals surface area (Å²) >= 11 is 0. The molecule has 0 aliphatic heterocycles. The number of carbonyl (C=O) groups is 1. The number of aryl methyl sites for hydroxylation is 1. The third-order valence-electron chi connectivity index (χ3n) is 3.90. The van der Waals surface area contributed by atoms with Gasteiger partial charge in [0.15, 0.2) is 11.6 Å². The number of urea groups is 1. The van der Waals surface area contributed by atoms with Crippen molar-refractivity contribution in [3.8, 4) is 11.5 Å². The van der Waals surface area contributed by atoms with Crippen molar-refractivity contribution in [2.75, 3.05) is 26.8 Å². The van der Waals surface area contributed by atoms with E-state index in [0.29, 0.717) is 31.8 Å². The lowest BCUT2D eigenvalue weighted by molar-refractivity contribution is 0.195. The Morgan fingerprint density at radius 1 is 1.23 bits per heavy atom. The summed E-state index contributed by atoms with van der Waals surface area (Å²) in [7, 11) is 1.42. The summed E-state index contributed by atoms with van der Waals surface area (Å²) in [5.41, 5.74) is 1.83. The molecule has 6 heteroatoms. The van der Waals surface area contributed by atoms with E-state index in [1.54, 1.807) is 17.0 Å². The van der Waals surface area contributed by atoms with Crippen LogP contribution >= 0.6 is 0 Å². The van der Waals surface area contributed by atoms with Crippen molar-refractivity contribution in [2.24, 2.45) is 0 Å². The zero-order valence-corrected chi connectivity index (χ0v) is 15.4. The molecule has 5 nitrogen and oxygen atoms in total. The Morgan fingerprint density at radius 3 is 2.69 bits per heavy atom. The Labute approximate surface area is 153 Å². The van der Waals surface area contributed by atoms with Gasteiger partial charge in [-0.1, -0.05) is 18.2 Å². The summed E-state index contributed by atoms with van der Waals surface area (Å²) in [4.78, 5) is 13.9. The van der Waals surface area contributed by atoms with Gasteiger partial charge in [-0.25, -0.2) is 9.18 Å². The molecule has 2 aromatic carbocycles. The van der Waals surface area contributed by atoms with Crippen molar-refractivity contribution in [3.05, 3.63) is 59.4 Å². The molecule has 0 aliphatic rings. The molecule has 0 atom stereocenters. The maximum absolute atomic E-state index is 13.8.